The lowest BCUT2D eigenvalue weighted by molar-refractivity contribution is 0.282. The Hall–Kier alpha value is -1.02. The van der Waals surface area contributed by atoms with E-state index < -0.39 is 0 Å². The van der Waals surface area contributed by atoms with Gasteiger partial charge in [0.2, 0.25) is 0 Å². The molecule has 2 heteroatoms. The van der Waals surface area contributed by atoms with Gasteiger partial charge in [-0.3, -0.25) is 0 Å². The second-order valence-electron chi connectivity index (χ2n) is 3.15. The molecule has 1 rings (SSSR count). The molecule has 66 valence electrons. The van der Waals surface area contributed by atoms with Gasteiger partial charge in [-0.25, -0.2) is 0 Å². The Kier molecular flexibility index (Phi) is 3.11. The molecule has 0 saturated carbocycles. The fraction of sp³-hybridized carbons (Fsp3) is 0.400. The van der Waals surface area contributed by atoms with E-state index in [9.17, 15) is 0 Å². The van der Waals surface area contributed by atoms with Crippen molar-refractivity contribution in [1.82, 2.24) is 0 Å². The molecule has 2 nitrogen and oxygen atoms in total. The maximum atomic E-state index is 8.79. The lowest BCUT2D eigenvalue weighted by Gasteiger charge is -2.09. The number of aliphatic hydroxyl groups is 1. The van der Waals surface area contributed by atoms with Gasteiger partial charge in [-0.2, -0.15) is 0 Å². The molecule has 0 bridgehead atoms. The van der Waals surface area contributed by atoms with Crippen molar-refractivity contribution in [2.24, 2.45) is 0 Å². The number of hydrogen-bond donors (Lipinski definition) is 2. The van der Waals surface area contributed by atoms with Gasteiger partial charge < -0.3 is 10.4 Å². The molecule has 0 aliphatic carbocycles. The summed E-state index contributed by atoms with van der Waals surface area (Å²) in [6.07, 6.45) is 0. The minimum atomic E-state index is 0.113. The topological polar surface area (TPSA) is 32.3 Å². The summed E-state index contributed by atoms with van der Waals surface area (Å²) in [5.41, 5.74) is 2.05. The summed E-state index contributed by atoms with van der Waals surface area (Å²) < 4.78 is 0. The minimum absolute atomic E-state index is 0.113. The first-order chi connectivity index (χ1) is 5.72. The first-order valence-corrected chi connectivity index (χ1v) is 4.18. The van der Waals surface area contributed by atoms with Crippen LogP contribution in [0.15, 0.2) is 24.3 Å². The molecule has 0 amide bonds. The molecular formula is C10H15NO. The molecule has 0 aliphatic rings. The fourth-order valence-electron chi connectivity index (χ4n) is 1.04. The molecule has 0 spiro atoms. The summed E-state index contributed by atoms with van der Waals surface area (Å²) in [5, 5.41) is 12.1. The Morgan fingerprint density at radius 1 is 1.25 bits per heavy atom. The van der Waals surface area contributed by atoms with Gasteiger partial charge in [0.1, 0.15) is 0 Å². The van der Waals surface area contributed by atoms with E-state index in [4.69, 9.17) is 5.11 Å². The highest BCUT2D eigenvalue weighted by Gasteiger charge is 1.94. The quantitative estimate of drug-likeness (QED) is 0.718. The van der Waals surface area contributed by atoms with Crippen molar-refractivity contribution < 1.29 is 5.11 Å². The van der Waals surface area contributed by atoms with E-state index >= 15 is 0 Å². The molecule has 1 aromatic rings. The van der Waals surface area contributed by atoms with Crippen LogP contribution < -0.4 is 5.32 Å². The molecule has 0 aliphatic heterocycles. The van der Waals surface area contributed by atoms with Crippen LogP contribution in [-0.2, 0) is 6.61 Å². The van der Waals surface area contributed by atoms with E-state index in [2.05, 4.69) is 19.2 Å². The van der Waals surface area contributed by atoms with Crippen molar-refractivity contribution in [3.8, 4) is 0 Å². The maximum absolute atomic E-state index is 8.79. The lowest BCUT2D eigenvalue weighted by Crippen LogP contribution is -2.09. The summed E-state index contributed by atoms with van der Waals surface area (Å²) in [7, 11) is 0. The van der Waals surface area contributed by atoms with Crippen molar-refractivity contribution >= 4 is 5.69 Å². The second kappa shape index (κ2) is 4.12. The summed E-state index contributed by atoms with van der Waals surface area (Å²) in [6.45, 7) is 4.31. The third-order valence-corrected chi connectivity index (χ3v) is 1.59. The number of anilines is 1. The number of hydrogen-bond acceptors (Lipinski definition) is 2. The first kappa shape index (κ1) is 9.07. The molecule has 12 heavy (non-hydrogen) atoms. The highest BCUT2D eigenvalue weighted by atomic mass is 16.3. The molecule has 2 N–H and O–H groups in total. The van der Waals surface area contributed by atoms with Crippen molar-refractivity contribution in [3.05, 3.63) is 29.8 Å². The largest absolute Gasteiger partial charge is 0.392 e. The van der Waals surface area contributed by atoms with E-state index in [1.54, 1.807) is 0 Å². The predicted molar refractivity (Wildman–Crippen MR) is 51.1 cm³/mol. The molecule has 0 aromatic heterocycles. The fourth-order valence-corrected chi connectivity index (χ4v) is 1.04. The van der Waals surface area contributed by atoms with Crippen LogP contribution in [0.3, 0.4) is 0 Å². The monoisotopic (exact) mass is 165 g/mol. The molecule has 0 heterocycles. The molecular weight excluding hydrogens is 150 g/mol. The Morgan fingerprint density at radius 2 is 1.83 bits per heavy atom. The molecule has 0 fully saturated rings. The predicted octanol–water partition coefficient (Wildman–Crippen LogP) is 2.00. The van der Waals surface area contributed by atoms with Gasteiger partial charge >= 0.3 is 0 Å². The average molecular weight is 165 g/mol. The van der Waals surface area contributed by atoms with E-state index in [0.717, 1.165) is 11.3 Å². The SMILES string of the molecule is CC(C)Nc1ccc(CO)cc1. The summed E-state index contributed by atoms with van der Waals surface area (Å²) in [6, 6.07) is 8.25. The van der Waals surface area contributed by atoms with Crippen molar-refractivity contribution in [2.75, 3.05) is 5.32 Å². The van der Waals surface area contributed by atoms with Gasteiger partial charge in [-0.05, 0) is 31.5 Å². The zero-order valence-corrected chi connectivity index (χ0v) is 7.54. The van der Waals surface area contributed by atoms with Crippen LogP contribution >= 0.6 is 0 Å². The average Bonchev–Trinajstić information content (AvgIpc) is 2.05. The molecule has 1 aromatic carbocycles. The lowest BCUT2D eigenvalue weighted by atomic mass is 10.2. The summed E-state index contributed by atoms with van der Waals surface area (Å²) in [4.78, 5) is 0. The normalized spacial score (nSPS) is 10.3. The second-order valence-corrected chi connectivity index (χ2v) is 3.15. The Balaban J connectivity index is 2.65. The zero-order chi connectivity index (χ0) is 8.97. The van der Waals surface area contributed by atoms with Crippen molar-refractivity contribution in [2.45, 2.75) is 26.5 Å². The van der Waals surface area contributed by atoms with Crippen LogP contribution in [-0.4, -0.2) is 11.1 Å². The summed E-state index contributed by atoms with van der Waals surface area (Å²) in [5.74, 6) is 0. The van der Waals surface area contributed by atoms with Gasteiger partial charge in [0.25, 0.3) is 0 Å². The molecule has 0 radical (unpaired) electrons. The Bertz CT molecular complexity index is 228. The van der Waals surface area contributed by atoms with Crippen LogP contribution in [0.5, 0.6) is 0 Å². The molecule has 0 unspecified atom stereocenters. The standard InChI is InChI=1S/C10H15NO/c1-8(2)11-10-5-3-9(7-12)4-6-10/h3-6,8,11-12H,7H2,1-2H3. The van der Waals surface area contributed by atoms with Crippen molar-refractivity contribution in [3.63, 3.8) is 0 Å². The number of rotatable bonds is 3. The maximum Gasteiger partial charge on any atom is 0.0681 e. The third kappa shape index (κ3) is 2.55. The van der Waals surface area contributed by atoms with Gasteiger partial charge in [0.15, 0.2) is 0 Å². The van der Waals surface area contributed by atoms with Gasteiger partial charge in [0, 0.05) is 11.7 Å². The Morgan fingerprint density at radius 3 is 2.25 bits per heavy atom. The number of aliphatic hydroxyl groups excluding tert-OH is 1. The summed E-state index contributed by atoms with van der Waals surface area (Å²) >= 11 is 0. The van der Waals surface area contributed by atoms with E-state index in [0.29, 0.717) is 6.04 Å². The zero-order valence-electron chi connectivity index (χ0n) is 7.54. The highest BCUT2D eigenvalue weighted by molar-refractivity contribution is 5.44. The number of nitrogens with one attached hydrogen (secondary N) is 1. The van der Waals surface area contributed by atoms with Crippen LogP contribution in [0.25, 0.3) is 0 Å². The van der Waals surface area contributed by atoms with Crippen LogP contribution in [0.4, 0.5) is 5.69 Å². The third-order valence-electron chi connectivity index (χ3n) is 1.59. The van der Waals surface area contributed by atoms with Crippen molar-refractivity contribution in [1.29, 1.82) is 0 Å². The van der Waals surface area contributed by atoms with Gasteiger partial charge in [0.05, 0.1) is 6.61 Å². The Labute approximate surface area is 73.2 Å². The van der Waals surface area contributed by atoms with E-state index in [-0.39, 0.29) is 6.61 Å². The van der Waals surface area contributed by atoms with E-state index in [1.807, 2.05) is 24.3 Å². The highest BCUT2D eigenvalue weighted by Crippen LogP contribution is 2.10. The van der Waals surface area contributed by atoms with Crippen LogP contribution in [0.2, 0.25) is 0 Å². The van der Waals surface area contributed by atoms with Gasteiger partial charge in [-0.1, -0.05) is 12.1 Å². The molecule has 0 saturated heterocycles. The van der Waals surface area contributed by atoms with E-state index in [1.165, 1.54) is 0 Å². The van der Waals surface area contributed by atoms with Gasteiger partial charge in [-0.15, -0.1) is 0 Å². The van der Waals surface area contributed by atoms with Crippen LogP contribution in [0.1, 0.15) is 19.4 Å². The minimum Gasteiger partial charge on any atom is -0.392 e. The molecule has 0 atom stereocenters. The first-order valence-electron chi connectivity index (χ1n) is 4.18. The smallest absolute Gasteiger partial charge is 0.0681 e. The number of benzene rings is 1. The van der Waals surface area contributed by atoms with Crippen LogP contribution in [0, 0.1) is 0 Å².